The maximum Gasteiger partial charge on any atom is 0.291 e. The topological polar surface area (TPSA) is 42.9 Å². The van der Waals surface area contributed by atoms with Crippen LogP contribution in [0.15, 0.2) is 4.79 Å². The second-order valence-corrected chi connectivity index (χ2v) is 4.64. The predicted octanol–water partition coefficient (Wildman–Crippen LogP) is 1.73. The van der Waals surface area contributed by atoms with Gasteiger partial charge in [-0.05, 0) is 13.8 Å². The minimum atomic E-state index is 0.0648. The van der Waals surface area contributed by atoms with Crippen LogP contribution in [0.5, 0.6) is 0 Å². The van der Waals surface area contributed by atoms with E-state index in [1.165, 1.54) is 0 Å². The first-order valence-corrected chi connectivity index (χ1v) is 5.05. The molecule has 5 heteroatoms. The lowest BCUT2D eigenvalue weighted by Gasteiger charge is -1.94. The summed E-state index contributed by atoms with van der Waals surface area (Å²) in [5.74, 6) is 0. The first kappa shape index (κ1) is 7.82. The highest BCUT2D eigenvalue weighted by atomic mass is 32.2. The average Bonchev–Trinajstić information content (AvgIpc) is 2.30. The summed E-state index contributed by atoms with van der Waals surface area (Å²) in [5, 5.41) is 0. The van der Waals surface area contributed by atoms with E-state index in [4.69, 9.17) is 0 Å². The second kappa shape index (κ2) is 2.60. The van der Waals surface area contributed by atoms with Gasteiger partial charge < -0.3 is 0 Å². The third kappa shape index (κ3) is 1.15. The van der Waals surface area contributed by atoms with E-state index >= 15 is 0 Å². The molecule has 0 fully saturated rings. The van der Waals surface area contributed by atoms with E-state index in [1.807, 2.05) is 13.8 Å². The number of nitrogens with zero attached hydrogens (tertiary/aromatic N) is 2. The number of aryl methyl sites for hydroxylation is 2. The van der Waals surface area contributed by atoms with Gasteiger partial charge >= 0.3 is 0 Å². The average molecular weight is 198 g/mol. The van der Waals surface area contributed by atoms with Gasteiger partial charge in [0.05, 0.1) is 11.4 Å². The Morgan fingerprint density at radius 3 is 1.83 bits per heavy atom. The molecule has 0 radical (unpaired) electrons. The molecule has 0 saturated heterocycles. The third-order valence-electron chi connectivity index (χ3n) is 1.61. The summed E-state index contributed by atoms with van der Waals surface area (Å²) in [6, 6.07) is 0. The van der Waals surface area contributed by atoms with Crippen LogP contribution in [-0.2, 0) is 0 Å². The molecule has 0 atom stereocenters. The Bertz CT molecular complexity index is 444. The summed E-state index contributed by atoms with van der Waals surface area (Å²) in [7, 11) is 0. The van der Waals surface area contributed by atoms with Crippen molar-refractivity contribution in [3.05, 3.63) is 20.2 Å². The van der Waals surface area contributed by atoms with Crippen LogP contribution >= 0.6 is 22.7 Å². The predicted molar refractivity (Wildman–Crippen MR) is 51.0 cm³/mol. The molecule has 0 saturated carbocycles. The van der Waals surface area contributed by atoms with Crippen LogP contribution < -0.4 is 4.06 Å². The molecule has 2 aromatic rings. The first-order chi connectivity index (χ1) is 5.66. The quantitative estimate of drug-likeness (QED) is 0.647. The molecule has 2 heterocycles. The zero-order valence-electron chi connectivity index (χ0n) is 6.62. The molecular weight excluding hydrogens is 192 g/mol. The van der Waals surface area contributed by atoms with E-state index in [9.17, 15) is 4.79 Å². The van der Waals surface area contributed by atoms with Crippen molar-refractivity contribution in [1.82, 2.24) is 9.97 Å². The smallest absolute Gasteiger partial charge is 0.265 e. The van der Waals surface area contributed by atoms with E-state index in [0.29, 0.717) is 0 Å². The van der Waals surface area contributed by atoms with Crippen LogP contribution in [0.25, 0.3) is 9.66 Å². The van der Waals surface area contributed by atoms with E-state index in [2.05, 4.69) is 9.97 Å². The van der Waals surface area contributed by atoms with Gasteiger partial charge in [0.2, 0.25) is 0 Å². The van der Waals surface area contributed by atoms with E-state index < -0.39 is 0 Å². The Kier molecular flexibility index (Phi) is 1.69. The maximum atomic E-state index is 11.0. The number of hydrogen-bond acceptors (Lipinski definition) is 5. The Labute approximate surface area is 76.7 Å². The summed E-state index contributed by atoms with van der Waals surface area (Å²) in [4.78, 5) is 21.0. The molecule has 0 spiro atoms. The van der Waals surface area contributed by atoms with Crippen LogP contribution in [-0.4, -0.2) is 9.97 Å². The minimum Gasteiger partial charge on any atom is -0.265 e. The van der Waals surface area contributed by atoms with Crippen molar-refractivity contribution < 1.29 is 0 Å². The number of fused-ring (bicyclic) bond motifs is 1. The van der Waals surface area contributed by atoms with Crippen LogP contribution in [0, 0.1) is 13.8 Å². The number of hydrogen-bond donors (Lipinski definition) is 0. The standard InChI is InChI=1S/C7H6N2OS2/c1-3-4(2)9-6-5(8-3)11-7(10)12-6/h1-2H3. The normalized spacial score (nSPS) is 10.8. The zero-order chi connectivity index (χ0) is 8.72. The fourth-order valence-corrected chi connectivity index (χ4v) is 2.71. The third-order valence-corrected chi connectivity index (χ3v) is 3.52. The number of rotatable bonds is 0. The second-order valence-electron chi connectivity index (χ2n) is 2.46. The van der Waals surface area contributed by atoms with Gasteiger partial charge in [0.1, 0.15) is 0 Å². The van der Waals surface area contributed by atoms with Crippen molar-refractivity contribution in [2.24, 2.45) is 0 Å². The molecule has 0 N–H and O–H groups in total. The van der Waals surface area contributed by atoms with Gasteiger partial charge in [0.15, 0.2) is 9.66 Å². The lowest BCUT2D eigenvalue weighted by molar-refractivity contribution is 1.12. The molecule has 3 nitrogen and oxygen atoms in total. The summed E-state index contributed by atoms with van der Waals surface area (Å²) >= 11 is 2.33. The highest BCUT2D eigenvalue weighted by molar-refractivity contribution is 7.35. The summed E-state index contributed by atoms with van der Waals surface area (Å²) in [5.41, 5.74) is 1.80. The summed E-state index contributed by atoms with van der Waals surface area (Å²) in [6.45, 7) is 3.80. The lowest BCUT2D eigenvalue weighted by atomic mass is 10.4. The van der Waals surface area contributed by atoms with Gasteiger partial charge in [-0.3, -0.25) is 4.79 Å². The molecule has 2 aromatic heterocycles. The Hall–Kier alpha value is -0.810. The SMILES string of the molecule is Cc1nc2sc(=O)sc2nc1C. The van der Waals surface area contributed by atoms with E-state index in [1.54, 1.807) is 0 Å². The molecule has 0 aliphatic carbocycles. The molecule has 0 aliphatic rings. The van der Waals surface area contributed by atoms with E-state index in [0.717, 1.165) is 43.7 Å². The highest BCUT2D eigenvalue weighted by Gasteiger charge is 2.04. The van der Waals surface area contributed by atoms with Gasteiger partial charge in [-0.15, -0.1) is 0 Å². The van der Waals surface area contributed by atoms with Crippen molar-refractivity contribution in [3.63, 3.8) is 0 Å². The van der Waals surface area contributed by atoms with Gasteiger partial charge in [-0.25, -0.2) is 9.97 Å². The largest absolute Gasteiger partial charge is 0.291 e. The van der Waals surface area contributed by atoms with Crippen molar-refractivity contribution in [3.8, 4) is 0 Å². The molecule has 12 heavy (non-hydrogen) atoms. The first-order valence-electron chi connectivity index (χ1n) is 3.42. The van der Waals surface area contributed by atoms with E-state index in [-0.39, 0.29) is 4.06 Å². The van der Waals surface area contributed by atoms with Crippen LogP contribution in [0.4, 0.5) is 0 Å². The van der Waals surface area contributed by atoms with Crippen molar-refractivity contribution in [2.75, 3.05) is 0 Å². The minimum absolute atomic E-state index is 0.0648. The number of aromatic nitrogens is 2. The molecule has 0 aromatic carbocycles. The van der Waals surface area contributed by atoms with Crippen LogP contribution in [0.1, 0.15) is 11.4 Å². The maximum absolute atomic E-state index is 11.0. The van der Waals surface area contributed by atoms with Crippen molar-refractivity contribution >= 4 is 32.3 Å². The zero-order valence-corrected chi connectivity index (χ0v) is 8.25. The van der Waals surface area contributed by atoms with Crippen LogP contribution in [0.3, 0.4) is 0 Å². The Morgan fingerprint density at radius 2 is 1.42 bits per heavy atom. The summed E-state index contributed by atoms with van der Waals surface area (Å²) in [6.07, 6.45) is 0. The molecular formula is C7H6N2OS2. The summed E-state index contributed by atoms with van der Waals surface area (Å²) < 4.78 is 0.0648. The van der Waals surface area contributed by atoms with Gasteiger partial charge in [-0.1, -0.05) is 22.7 Å². The Balaban J connectivity index is 2.92. The molecule has 0 bridgehead atoms. The van der Waals surface area contributed by atoms with Gasteiger partial charge in [0, 0.05) is 0 Å². The molecule has 62 valence electrons. The van der Waals surface area contributed by atoms with Crippen molar-refractivity contribution in [2.45, 2.75) is 13.8 Å². The fourth-order valence-electron chi connectivity index (χ4n) is 0.874. The van der Waals surface area contributed by atoms with Crippen LogP contribution in [0.2, 0.25) is 0 Å². The molecule has 2 rings (SSSR count). The fraction of sp³-hybridized carbons (Fsp3) is 0.286. The van der Waals surface area contributed by atoms with Gasteiger partial charge in [0.25, 0.3) is 4.06 Å². The lowest BCUT2D eigenvalue weighted by Crippen LogP contribution is -1.88. The monoisotopic (exact) mass is 198 g/mol. The highest BCUT2D eigenvalue weighted by Crippen LogP contribution is 2.17. The molecule has 0 amide bonds. The molecule has 0 aliphatic heterocycles. The van der Waals surface area contributed by atoms with Crippen molar-refractivity contribution in [1.29, 1.82) is 0 Å². The van der Waals surface area contributed by atoms with Gasteiger partial charge in [-0.2, -0.15) is 0 Å². The Morgan fingerprint density at radius 1 is 1.00 bits per heavy atom. The molecule has 0 unspecified atom stereocenters.